The van der Waals surface area contributed by atoms with E-state index in [9.17, 15) is 9.18 Å². The van der Waals surface area contributed by atoms with Gasteiger partial charge >= 0.3 is 0 Å². The fourth-order valence-corrected chi connectivity index (χ4v) is 3.65. The molecule has 0 unspecified atom stereocenters. The van der Waals surface area contributed by atoms with Gasteiger partial charge in [-0.1, -0.05) is 47.8 Å². The Morgan fingerprint density at radius 3 is 2.76 bits per heavy atom. The van der Waals surface area contributed by atoms with Gasteiger partial charge in [-0.25, -0.2) is 9.37 Å². The lowest BCUT2D eigenvalue weighted by Crippen LogP contribution is -2.30. The second-order valence-electron chi connectivity index (χ2n) is 4.85. The van der Waals surface area contributed by atoms with Crippen molar-refractivity contribution in [1.29, 1.82) is 0 Å². The van der Waals surface area contributed by atoms with Gasteiger partial charge in [-0.05, 0) is 6.07 Å². The van der Waals surface area contributed by atoms with Crippen LogP contribution in [-0.2, 0) is 9.22 Å². The van der Waals surface area contributed by atoms with Crippen LogP contribution in [0.15, 0.2) is 18.5 Å². The molecule has 0 bridgehead atoms. The molecule has 2 aromatic rings. The zero-order chi connectivity index (χ0) is 15.6. The molecule has 0 fully saturated rings. The summed E-state index contributed by atoms with van der Waals surface area (Å²) in [6.45, 7) is 3.72. The van der Waals surface area contributed by atoms with E-state index in [0.29, 0.717) is 15.0 Å². The number of carbonyl (C=O) groups excluding carboxylic acids is 1. The summed E-state index contributed by atoms with van der Waals surface area (Å²) in [5.74, 6) is -0.445. The highest BCUT2D eigenvalue weighted by Crippen LogP contribution is 2.35. The van der Waals surface area contributed by atoms with Crippen LogP contribution in [0.2, 0.25) is 0 Å². The highest BCUT2D eigenvalue weighted by atomic mass is 127. The Bertz CT molecular complexity index is 659. The Morgan fingerprint density at radius 1 is 1.48 bits per heavy atom. The van der Waals surface area contributed by atoms with E-state index in [4.69, 9.17) is 0 Å². The standard InChI is InChI=1S/C14H15FIN3OS/c1-8(2)13(20)19(3)14-11(5-16)18-12(21-14)9-4-10(15)7-17-6-9/h4,6-8H,5H2,1-3H3. The number of alkyl halides is 1. The first-order valence-electron chi connectivity index (χ1n) is 6.38. The first kappa shape index (κ1) is 16.3. The van der Waals surface area contributed by atoms with Gasteiger partial charge in [0.1, 0.15) is 15.8 Å². The Balaban J connectivity index is 2.42. The predicted molar refractivity (Wildman–Crippen MR) is 91.3 cm³/mol. The number of pyridine rings is 1. The van der Waals surface area contributed by atoms with Crippen molar-refractivity contribution in [2.75, 3.05) is 11.9 Å². The van der Waals surface area contributed by atoms with Crippen molar-refractivity contribution < 1.29 is 9.18 Å². The van der Waals surface area contributed by atoms with Crippen LogP contribution in [0.3, 0.4) is 0 Å². The number of hydrogen-bond acceptors (Lipinski definition) is 4. The maximum Gasteiger partial charge on any atom is 0.229 e. The monoisotopic (exact) mass is 419 g/mol. The molecule has 0 atom stereocenters. The van der Waals surface area contributed by atoms with Gasteiger partial charge in [0.05, 0.1) is 11.9 Å². The third-order valence-electron chi connectivity index (χ3n) is 2.88. The van der Waals surface area contributed by atoms with Gasteiger partial charge in [-0.3, -0.25) is 9.78 Å². The maximum atomic E-state index is 13.3. The van der Waals surface area contributed by atoms with Crippen LogP contribution in [0, 0.1) is 11.7 Å². The number of hydrogen-bond donors (Lipinski definition) is 0. The number of rotatable bonds is 4. The zero-order valence-electron chi connectivity index (χ0n) is 11.9. The van der Waals surface area contributed by atoms with Crippen LogP contribution >= 0.6 is 33.9 Å². The molecule has 0 saturated heterocycles. The molecule has 4 nitrogen and oxygen atoms in total. The summed E-state index contributed by atoms with van der Waals surface area (Å²) in [7, 11) is 1.75. The number of halogens is 2. The number of anilines is 1. The zero-order valence-corrected chi connectivity index (χ0v) is 14.9. The number of amides is 1. The van der Waals surface area contributed by atoms with Gasteiger partial charge in [0.2, 0.25) is 5.91 Å². The minimum Gasteiger partial charge on any atom is -0.305 e. The summed E-state index contributed by atoms with van der Waals surface area (Å²) in [6, 6.07) is 1.40. The molecule has 0 aliphatic rings. The third kappa shape index (κ3) is 3.57. The van der Waals surface area contributed by atoms with Gasteiger partial charge in [0, 0.05) is 29.2 Å². The molecule has 112 valence electrons. The second kappa shape index (κ2) is 6.78. The van der Waals surface area contributed by atoms with Crippen molar-refractivity contribution >= 4 is 44.8 Å². The summed E-state index contributed by atoms with van der Waals surface area (Å²) in [5, 5.41) is 1.48. The van der Waals surface area contributed by atoms with Crippen molar-refractivity contribution in [3.8, 4) is 10.6 Å². The average molecular weight is 419 g/mol. The average Bonchev–Trinajstić information content (AvgIpc) is 2.89. The molecule has 0 saturated carbocycles. The molecule has 2 aromatic heterocycles. The summed E-state index contributed by atoms with van der Waals surface area (Å²) in [4.78, 5) is 22.1. The Kier molecular flexibility index (Phi) is 5.26. The fraction of sp³-hybridized carbons (Fsp3) is 0.357. The third-order valence-corrected chi connectivity index (χ3v) is 4.83. The molecule has 0 N–H and O–H groups in total. The molecular weight excluding hydrogens is 404 g/mol. The summed E-state index contributed by atoms with van der Waals surface area (Å²) < 4.78 is 14.0. The van der Waals surface area contributed by atoms with E-state index in [1.54, 1.807) is 18.1 Å². The van der Waals surface area contributed by atoms with E-state index in [1.165, 1.54) is 17.4 Å². The molecule has 0 aliphatic carbocycles. The quantitative estimate of drug-likeness (QED) is 0.558. The number of aromatic nitrogens is 2. The van der Waals surface area contributed by atoms with Gasteiger partial charge in [0.15, 0.2) is 0 Å². The van der Waals surface area contributed by atoms with Gasteiger partial charge < -0.3 is 4.90 Å². The van der Waals surface area contributed by atoms with Crippen LogP contribution in [0.4, 0.5) is 9.39 Å². The first-order chi connectivity index (χ1) is 9.93. The number of carbonyl (C=O) groups is 1. The fourth-order valence-electron chi connectivity index (χ4n) is 1.83. The van der Waals surface area contributed by atoms with Crippen molar-refractivity contribution in [3.63, 3.8) is 0 Å². The molecule has 21 heavy (non-hydrogen) atoms. The molecule has 2 rings (SSSR count). The topological polar surface area (TPSA) is 46.1 Å². The first-order valence-corrected chi connectivity index (χ1v) is 8.72. The lowest BCUT2D eigenvalue weighted by molar-refractivity contribution is -0.121. The molecule has 0 aromatic carbocycles. The smallest absolute Gasteiger partial charge is 0.229 e. The van der Waals surface area contributed by atoms with Gasteiger partial charge in [0.25, 0.3) is 0 Å². The molecule has 0 aliphatic heterocycles. The number of nitrogens with zero attached hydrogens (tertiary/aromatic N) is 3. The molecule has 0 radical (unpaired) electrons. The maximum absolute atomic E-state index is 13.3. The van der Waals surface area contributed by atoms with E-state index in [2.05, 4.69) is 32.6 Å². The normalized spacial score (nSPS) is 11.0. The molecule has 7 heteroatoms. The second-order valence-corrected chi connectivity index (χ2v) is 6.59. The van der Waals surface area contributed by atoms with E-state index in [0.717, 1.165) is 16.9 Å². The molecule has 0 spiro atoms. The van der Waals surface area contributed by atoms with Gasteiger partial charge in [-0.15, -0.1) is 0 Å². The summed E-state index contributed by atoms with van der Waals surface area (Å²) in [6.07, 6.45) is 2.73. The van der Waals surface area contributed by atoms with Crippen LogP contribution in [-0.4, -0.2) is 22.9 Å². The van der Waals surface area contributed by atoms with Crippen LogP contribution in [0.1, 0.15) is 19.5 Å². The minimum atomic E-state index is -0.396. The van der Waals surface area contributed by atoms with Gasteiger partial charge in [-0.2, -0.15) is 0 Å². The van der Waals surface area contributed by atoms with E-state index in [1.807, 2.05) is 13.8 Å². The Hall–Kier alpha value is -1.09. The Labute approximate surface area is 140 Å². The predicted octanol–water partition coefficient (Wildman–Crippen LogP) is 3.90. The van der Waals surface area contributed by atoms with Crippen molar-refractivity contribution in [1.82, 2.24) is 9.97 Å². The lowest BCUT2D eigenvalue weighted by Gasteiger charge is -2.18. The SMILES string of the molecule is CC(C)C(=O)N(C)c1sc(-c2cncc(F)c2)nc1CI. The lowest BCUT2D eigenvalue weighted by atomic mass is 10.2. The summed E-state index contributed by atoms with van der Waals surface area (Å²) >= 11 is 3.59. The van der Waals surface area contributed by atoms with Crippen molar-refractivity contribution in [3.05, 3.63) is 30.0 Å². The summed E-state index contributed by atoms with van der Waals surface area (Å²) in [5.41, 5.74) is 1.46. The minimum absolute atomic E-state index is 0.0358. The highest BCUT2D eigenvalue weighted by Gasteiger charge is 2.21. The highest BCUT2D eigenvalue weighted by molar-refractivity contribution is 14.1. The molecule has 2 heterocycles. The molecule has 1 amide bonds. The van der Waals surface area contributed by atoms with Crippen molar-refractivity contribution in [2.24, 2.45) is 5.92 Å². The van der Waals surface area contributed by atoms with E-state index < -0.39 is 5.82 Å². The van der Waals surface area contributed by atoms with E-state index in [-0.39, 0.29) is 11.8 Å². The van der Waals surface area contributed by atoms with E-state index >= 15 is 0 Å². The van der Waals surface area contributed by atoms with Crippen LogP contribution in [0.25, 0.3) is 10.6 Å². The Morgan fingerprint density at radius 2 is 2.19 bits per heavy atom. The van der Waals surface area contributed by atoms with Crippen molar-refractivity contribution in [2.45, 2.75) is 18.3 Å². The number of thiazole rings is 1. The van der Waals surface area contributed by atoms with Crippen LogP contribution < -0.4 is 4.90 Å². The van der Waals surface area contributed by atoms with Crippen LogP contribution in [0.5, 0.6) is 0 Å². The largest absolute Gasteiger partial charge is 0.305 e. The molecular formula is C14H15FIN3OS.